The minimum atomic E-state index is -0.482. The Bertz CT molecular complexity index is 1090. The molecule has 0 aliphatic carbocycles. The average molecular weight is 384 g/mol. The van der Waals surface area contributed by atoms with Gasteiger partial charge in [-0.3, -0.25) is 4.79 Å². The Morgan fingerprint density at radius 3 is 2.68 bits per heavy atom. The van der Waals surface area contributed by atoms with Crippen LogP contribution in [0.4, 0.5) is 4.39 Å². The Kier molecular flexibility index (Phi) is 5.61. The van der Waals surface area contributed by atoms with Crippen LogP contribution in [-0.4, -0.2) is 12.0 Å². The van der Waals surface area contributed by atoms with Gasteiger partial charge >= 0.3 is 5.97 Å². The van der Waals surface area contributed by atoms with Gasteiger partial charge in [0, 0.05) is 12.0 Å². The van der Waals surface area contributed by atoms with Crippen molar-refractivity contribution in [2.45, 2.75) is 33.2 Å². The summed E-state index contributed by atoms with van der Waals surface area (Å²) in [5.74, 6) is -0.106. The van der Waals surface area contributed by atoms with Crippen molar-refractivity contribution < 1.29 is 24.1 Å². The van der Waals surface area contributed by atoms with Gasteiger partial charge in [-0.25, -0.2) is 9.18 Å². The number of ether oxygens (including phenoxy) is 1. The smallest absolute Gasteiger partial charge is 0.370 e. The molecule has 0 aliphatic rings. The number of hydrogen-bond acceptors (Lipinski definition) is 4. The topological polar surface area (TPSA) is 84.1 Å². The molecular formula is C22H23FNO4+. The van der Waals surface area contributed by atoms with Crippen molar-refractivity contribution in [3.63, 3.8) is 0 Å². The number of quaternary nitrogens is 1. The molecule has 0 bridgehead atoms. The summed E-state index contributed by atoms with van der Waals surface area (Å²) >= 11 is 0. The van der Waals surface area contributed by atoms with Crippen LogP contribution in [0.1, 0.15) is 26.0 Å². The summed E-state index contributed by atoms with van der Waals surface area (Å²) in [7, 11) is 0. The van der Waals surface area contributed by atoms with E-state index in [4.69, 9.17) is 9.15 Å². The highest BCUT2D eigenvalue weighted by atomic mass is 19.1. The lowest BCUT2D eigenvalue weighted by Gasteiger charge is -2.14. The van der Waals surface area contributed by atoms with E-state index in [1.807, 2.05) is 13.8 Å². The standard InChI is InChI=1S/C22H22FNO4/c1-4-12(2)20(24)22(26)28-16-8-9-17-18(11-16)27-13(3)19(21(17)25)14-6-5-7-15(23)10-14/h5-12,20H,4,24H2,1-3H3/p+1/t12-,20+/m0/s1. The molecule has 3 N–H and O–H groups in total. The van der Waals surface area contributed by atoms with Crippen LogP contribution in [0.3, 0.4) is 0 Å². The van der Waals surface area contributed by atoms with Crippen molar-refractivity contribution in [2.75, 3.05) is 0 Å². The van der Waals surface area contributed by atoms with Crippen molar-refractivity contribution in [1.82, 2.24) is 0 Å². The van der Waals surface area contributed by atoms with E-state index in [1.165, 1.54) is 18.2 Å². The molecule has 0 radical (unpaired) electrons. The molecule has 3 rings (SSSR count). The number of esters is 1. The molecule has 3 aromatic rings. The third-order valence-corrected chi connectivity index (χ3v) is 5.01. The summed E-state index contributed by atoms with van der Waals surface area (Å²) < 4.78 is 24.8. The van der Waals surface area contributed by atoms with Crippen LogP contribution >= 0.6 is 0 Å². The van der Waals surface area contributed by atoms with Gasteiger partial charge in [-0.05, 0) is 43.2 Å². The molecule has 146 valence electrons. The molecule has 0 saturated carbocycles. The molecule has 1 aromatic heterocycles. The molecule has 0 amide bonds. The molecule has 2 atom stereocenters. The first kappa shape index (κ1) is 19.8. The molecule has 0 spiro atoms. The largest absolute Gasteiger partial charge is 0.460 e. The first-order chi connectivity index (χ1) is 13.3. The molecule has 0 saturated heterocycles. The van der Waals surface area contributed by atoms with Crippen LogP contribution in [0.15, 0.2) is 51.7 Å². The number of carbonyl (C=O) groups excluding carboxylic acids is 1. The summed E-state index contributed by atoms with van der Waals surface area (Å²) in [5.41, 5.74) is 4.67. The van der Waals surface area contributed by atoms with Crippen LogP contribution in [-0.2, 0) is 4.79 Å². The fourth-order valence-electron chi connectivity index (χ4n) is 3.04. The SMILES string of the molecule is CC[C@H](C)[C@@H]([NH3+])C(=O)Oc1ccc2c(=O)c(-c3cccc(F)c3)c(C)oc2c1. The zero-order valence-electron chi connectivity index (χ0n) is 16.1. The van der Waals surface area contributed by atoms with Crippen molar-refractivity contribution in [3.8, 4) is 16.9 Å². The fraction of sp³-hybridized carbons (Fsp3) is 0.273. The highest BCUT2D eigenvalue weighted by molar-refractivity contribution is 5.85. The summed E-state index contributed by atoms with van der Waals surface area (Å²) in [6.45, 7) is 5.57. The van der Waals surface area contributed by atoms with Crippen molar-refractivity contribution in [1.29, 1.82) is 0 Å². The number of fused-ring (bicyclic) bond motifs is 1. The van der Waals surface area contributed by atoms with E-state index in [0.717, 1.165) is 6.42 Å². The van der Waals surface area contributed by atoms with Gasteiger partial charge in [-0.15, -0.1) is 0 Å². The number of aryl methyl sites for hydroxylation is 1. The van der Waals surface area contributed by atoms with E-state index in [9.17, 15) is 14.0 Å². The van der Waals surface area contributed by atoms with Crippen LogP contribution in [0.25, 0.3) is 22.1 Å². The molecule has 1 heterocycles. The summed E-state index contributed by atoms with van der Waals surface area (Å²) in [5, 5.41) is 0.331. The second kappa shape index (κ2) is 7.94. The minimum Gasteiger partial charge on any atom is -0.460 e. The molecular weight excluding hydrogens is 361 g/mol. The highest BCUT2D eigenvalue weighted by Crippen LogP contribution is 2.27. The van der Waals surface area contributed by atoms with Crippen molar-refractivity contribution in [2.24, 2.45) is 5.92 Å². The molecule has 5 nitrogen and oxygen atoms in total. The number of carbonyl (C=O) groups is 1. The Morgan fingerprint density at radius 2 is 2.00 bits per heavy atom. The van der Waals surface area contributed by atoms with Crippen LogP contribution < -0.4 is 15.9 Å². The van der Waals surface area contributed by atoms with Gasteiger partial charge in [0.25, 0.3) is 0 Å². The zero-order chi connectivity index (χ0) is 20.4. The number of halogens is 1. The Labute approximate surface area is 161 Å². The predicted octanol–water partition coefficient (Wildman–Crippen LogP) is 3.47. The third kappa shape index (κ3) is 3.82. The quantitative estimate of drug-likeness (QED) is 0.539. The van der Waals surface area contributed by atoms with Gasteiger partial charge in [0.05, 0.1) is 10.9 Å². The van der Waals surface area contributed by atoms with E-state index in [-0.39, 0.29) is 17.1 Å². The second-order valence-electron chi connectivity index (χ2n) is 6.94. The van der Waals surface area contributed by atoms with E-state index in [1.54, 1.807) is 31.2 Å². The summed E-state index contributed by atoms with van der Waals surface area (Å²) in [4.78, 5) is 25.2. The number of hydrogen-bond donors (Lipinski definition) is 1. The maximum atomic E-state index is 13.6. The van der Waals surface area contributed by atoms with Gasteiger partial charge in [0.15, 0.2) is 6.04 Å². The first-order valence-corrected chi connectivity index (χ1v) is 9.20. The molecule has 6 heteroatoms. The lowest BCUT2D eigenvalue weighted by Crippen LogP contribution is -2.68. The third-order valence-electron chi connectivity index (χ3n) is 5.01. The number of benzene rings is 2. The molecule has 0 fully saturated rings. The number of rotatable bonds is 5. The van der Waals surface area contributed by atoms with E-state index in [0.29, 0.717) is 27.9 Å². The van der Waals surface area contributed by atoms with Gasteiger partial charge in [0.1, 0.15) is 22.9 Å². The summed E-state index contributed by atoms with van der Waals surface area (Å²) in [6, 6.07) is 9.95. The van der Waals surface area contributed by atoms with Crippen molar-refractivity contribution in [3.05, 3.63) is 64.3 Å². The maximum Gasteiger partial charge on any atom is 0.370 e. The van der Waals surface area contributed by atoms with Gasteiger partial charge < -0.3 is 14.9 Å². The molecule has 0 aliphatic heterocycles. The average Bonchev–Trinajstić information content (AvgIpc) is 2.66. The van der Waals surface area contributed by atoms with Crippen LogP contribution in [0, 0.1) is 18.7 Å². The lowest BCUT2D eigenvalue weighted by atomic mass is 10.0. The Balaban J connectivity index is 1.99. The van der Waals surface area contributed by atoms with E-state index in [2.05, 4.69) is 5.73 Å². The first-order valence-electron chi connectivity index (χ1n) is 9.20. The fourth-order valence-corrected chi connectivity index (χ4v) is 3.04. The van der Waals surface area contributed by atoms with Crippen molar-refractivity contribution >= 4 is 16.9 Å². The molecule has 28 heavy (non-hydrogen) atoms. The van der Waals surface area contributed by atoms with E-state index < -0.39 is 17.8 Å². The Hall–Kier alpha value is -2.99. The van der Waals surface area contributed by atoms with Gasteiger partial charge in [0.2, 0.25) is 5.43 Å². The predicted molar refractivity (Wildman–Crippen MR) is 104 cm³/mol. The normalized spacial score (nSPS) is 13.3. The lowest BCUT2D eigenvalue weighted by molar-refractivity contribution is -0.418. The maximum absolute atomic E-state index is 13.6. The second-order valence-corrected chi connectivity index (χ2v) is 6.94. The van der Waals surface area contributed by atoms with E-state index >= 15 is 0 Å². The molecule has 0 unspecified atom stereocenters. The zero-order valence-corrected chi connectivity index (χ0v) is 16.1. The monoisotopic (exact) mass is 384 g/mol. The Morgan fingerprint density at radius 1 is 1.25 bits per heavy atom. The molecule has 2 aromatic carbocycles. The minimum absolute atomic E-state index is 0.0990. The van der Waals surface area contributed by atoms with Crippen LogP contribution in [0.2, 0.25) is 0 Å². The van der Waals surface area contributed by atoms with Crippen LogP contribution in [0.5, 0.6) is 5.75 Å². The summed E-state index contributed by atoms with van der Waals surface area (Å²) in [6.07, 6.45) is 0.817. The highest BCUT2D eigenvalue weighted by Gasteiger charge is 2.25. The van der Waals surface area contributed by atoms with Gasteiger partial charge in [-0.1, -0.05) is 26.0 Å². The van der Waals surface area contributed by atoms with Gasteiger partial charge in [-0.2, -0.15) is 0 Å².